The molecule has 106 valence electrons. The molecule has 1 aromatic heterocycles. The number of nitrogens with zero attached hydrogens (tertiary/aromatic N) is 3. The van der Waals surface area contributed by atoms with E-state index >= 15 is 0 Å². The molecule has 2 heterocycles. The summed E-state index contributed by atoms with van der Waals surface area (Å²) in [7, 11) is 0. The third kappa shape index (κ3) is 3.54. The van der Waals surface area contributed by atoms with Crippen LogP contribution in [-0.2, 0) is 6.54 Å². The summed E-state index contributed by atoms with van der Waals surface area (Å²) in [5, 5.41) is 7.57. The maximum atomic E-state index is 5.32. The lowest BCUT2D eigenvalue weighted by Gasteiger charge is -2.31. The van der Waals surface area contributed by atoms with Gasteiger partial charge in [-0.25, -0.2) is 0 Å². The van der Waals surface area contributed by atoms with Crippen molar-refractivity contribution in [3.05, 3.63) is 11.7 Å². The maximum Gasteiger partial charge on any atom is 0.229 e. The standard InChI is InChI=1S/C14H24N4O/c1-2-15-8-11-4-3-7-18(9-11)10-13-16-14(19-17-13)12-5-6-12/h11-12,15H,2-10H2,1H3. The van der Waals surface area contributed by atoms with Crippen molar-refractivity contribution in [1.82, 2.24) is 20.4 Å². The fourth-order valence-corrected chi connectivity index (χ4v) is 2.84. The molecule has 3 rings (SSSR count). The minimum Gasteiger partial charge on any atom is -0.339 e. The van der Waals surface area contributed by atoms with Gasteiger partial charge in [0, 0.05) is 12.5 Å². The molecule has 2 fully saturated rings. The fraction of sp³-hybridized carbons (Fsp3) is 0.857. The highest BCUT2D eigenvalue weighted by Gasteiger charge is 2.30. The minimum absolute atomic E-state index is 0.559. The van der Waals surface area contributed by atoms with Crippen molar-refractivity contribution in [3.8, 4) is 0 Å². The molecule has 5 nitrogen and oxygen atoms in total. The molecule has 0 aromatic carbocycles. The van der Waals surface area contributed by atoms with Crippen molar-refractivity contribution < 1.29 is 4.52 Å². The van der Waals surface area contributed by atoms with E-state index < -0.39 is 0 Å². The largest absolute Gasteiger partial charge is 0.339 e. The van der Waals surface area contributed by atoms with Gasteiger partial charge in [0.1, 0.15) is 0 Å². The fourth-order valence-electron chi connectivity index (χ4n) is 2.84. The molecule has 2 aliphatic rings. The highest BCUT2D eigenvalue weighted by atomic mass is 16.5. The number of aromatic nitrogens is 2. The Kier molecular flexibility index (Phi) is 4.13. The molecule has 1 saturated carbocycles. The number of hydrogen-bond donors (Lipinski definition) is 1. The summed E-state index contributed by atoms with van der Waals surface area (Å²) in [6, 6.07) is 0. The Bertz CT molecular complexity index is 402. The molecule has 1 saturated heterocycles. The number of nitrogens with one attached hydrogen (secondary N) is 1. The second kappa shape index (κ2) is 6.01. The first-order valence-corrected chi connectivity index (χ1v) is 7.60. The maximum absolute atomic E-state index is 5.32. The van der Waals surface area contributed by atoms with Gasteiger partial charge in [-0.1, -0.05) is 12.1 Å². The zero-order valence-corrected chi connectivity index (χ0v) is 11.8. The quantitative estimate of drug-likeness (QED) is 0.848. The number of piperidine rings is 1. The van der Waals surface area contributed by atoms with Crippen LogP contribution in [-0.4, -0.2) is 41.2 Å². The van der Waals surface area contributed by atoms with Crippen LogP contribution < -0.4 is 5.32 Å². The second-order valence-corrected chi connectivity index (χ2v) is 5.87. The molecule has 1 aliphatic heterocycles. The number of rotatable bonds is 6. The molecule has 0 amide bonds. The molecule has 1 unspecified atom stereocenters. The highest BCUT2D eigenvalue weighted by molar-refractivity contribution is 5.01. The lowest BCUT2D eigenvalue weighted by Crippen LogP contribution is -2.39. The summed E-state index contributed by atoms with van der Waals surface area (Å²) in [6.45, 7) is 7.52. The van der Waals surface area contributed by atoms with Crippen LogP contribution in [0.1, 0.15) is 50.2 Å². The van der Waals surface area contributed by atoms with E-state index in [9.17, 15) is 0 Å². The van der Waals surface area contributed by atoms with Crippen LogP contribution in [0, 0.1) is 5.92 Å². The number of hydrogen-bond acceptors (Lipinski definition) is 5. The van der Waals surface area contributed by atoms with Gasteiger partial charge in [-0.2, -0.15) is 4.98 Å². The van der Waals surface area contributed by atoms with Gasteiger partial charge in [0.15, 0.2) is 5.82 Å². The zero-order chi connectivity index (χ0) is 13.1. The Morgan fingerprint density at radius 1 is 1.37 bits per heavy atom. The Balaban J connectivity index is 1.50. The van der Waals surface area contributed by atoms with Crippen molar-refractivity contribution in [3.63, 3.8) is 0 Å². The van der Waals surface area contributed by atoms with Crippen molar-refractivity contribution in [2.24, 2.45) is 5.92 Å². The van der Waals surface area contributed by atoms with Crippen LogP contribution in [0.15, 0.2) is 4.52 Å². The van der Waals surface area contributed by atoms with E-state index in [1.807, 2.05) is 0 Å². The van der Waals surface area contributed by atoms with Crippen LogP contribution in [0.4, 0.5) is 0 Å². The molecule has 5 heteroatoms. The molecule has 1 aliphatic carbocycles. The Morgan fingerprint density at radius 3 is 3.05 bits per heavy atom. The average Bonchev–Trinajstić information content (AvgIpc) is 3.18. The first kappa shape index (κ1) is 13.1. The van der Waals surface area contributed by atoms with Crippen molar-refractivity contribution in [1.29, 1.82) is 0 Å². The SMILES string of the molecule is CCNCC1CCCN(Cc2noc(C3CC3)n2)C1. The van der Waals surface area contributed by atoms with Crippen LogP contribution in [0.25, 0.3) is 0 Å². The molecule has 19 heavy (non-hydrogen) atoms. The molecular formula is C14H24N4O. The Hall–Kier alpha value is -0.940. The molecular weight excluding hydrogens is 240 g/mol. The van der Waals surface area contributed by atoms with Gasteiger partial charge in [0.25, 0.3) is 0 Å². The summed E-state index contributed by atoms with van der Waals surface area (Å²) >= 11 is 0. The highest BCUT2D eigenvalue weighted by Crippen LogP contribution is 2.38. The first-order valence-electron chi connectivity index (χ1n) is 7.60. The third-order valence-electron chi connectivity index (χ3n) is 4.06. The van der Waals surface area contributed by atoms with Gasteiger partial charge < -0.3 is 9.84 Å². The summed E-state index contributed by atoms with van der Waals surface area (Å²) in [5.74, 6) is 3.05. The van der Waals surface area contributed by atoms with Crippen LogP contribution in [0.2, 0.25) is 0 Å². The molecule has 1 atom stereocenters. The van der Waals surface area contributed by atoms with Crippen molar-refractivity contribution >= 4 is 0 Å². The molecule has 0 radical (unpaired) electrons. The van der Waals surface area contributed by atoms with Crippen LogP contribution in [0.5, 0.6) is 0 Å². The van der Waals surface area contributed by atoms with Gasteiger partial charge in [0.05, 0.1) is 6.54 Å². The van der Waals surface area contributed by atoms with E-state index in [2.05, 4.69) is 27.3 Å². The van der Waals surface area contributed by atoms with Crippen LogP contribution >= 0.6 is 0 Å². The molecule has 1 N–H and O–H groups in total. The minimum atomic E-state index is 0.559. The zero-order valence-electron chi connectivity index (χ0n) is 11.8. The first-order chi connectivity index (χ1) is 9.35. The van der Waals surface area contributed by atoms with E-state index in [4.69, 9.17) is 4.52 Å². The Morgan fingerprint density at radius 2 is 2.26 bits per heavy atom. The van der Waals surface area contributed by atoms with E-state index in [0.717, 1.165) is 50.4 Å². The van der Waals surface area contributed by atoms with Crippen molar-refractivity contribution in [2.75, 3.05) is 26.2 Å². The summed E-state index contributed by atoms with van der Waals surface area (Å²) in [5.41, 5.74) is 0. The summed E-state index contributed by atoms with van der Waals surface area (Å²) in [6.07, 6.45) is 5.05. The average molecular weight is 264 g/mol. The predicted molar refractivity (Wildman–Crippen MR) is 72.8 cm³/mol. The van der Waals surface area contributed by atoms with E-state index in [-0.39, 0.29) is 0 Å². The van der Waals surface area contributed by atoms with Crippen LogP contribution in [0.3, 0.4) is 0 Å². The summed E-state index contributed by atoms with van der Waals surface area (Å²) < 4.78 is 5.32. The smallest absolute Gasteiger partial charge is 0.229 e. The molecule has 0 spiro atoms. The van der Waals surface area contributed by atoms with Gasteiger partial charge in [-0.05, 0) is 51.2 Å². The third-order valence-corrected chi connectivity index (χ3v) is 4.06. The molecule has 0 bridgehead atoms. The summed E-state index contributed by atoms with van der Waals surface area (Å²) in [4.78, 5) is 6.98. The topological polar surface area (TPSA) is 54.2 Å². The predicted octanol–water partition coefficient (Wildman–Crippen LogP) is 1.77. The lowest BCUT2D eigenvalue weighted by atomic mass is 9.98. The number of likely N-dealkylation sites (tertiary alicyclic amines) is 1. The lowest BCUT2D eigenvalue weighted by molar-refractivity contribution is 0.161. The second-order valence-electron chi connectivity index (χ2n) is 5.87. The Labute approximate surface area is 114 Å². The van der Waals surface area contributed by atoms with E-state index in [1.54, 1.807) is 0 Å². The van der Waals surface area contributed by atoms with Crippen molar-refractivity contribution in [2.45, 2.75) is 45.1 Å². The van der Waals surface area contributed by atoms with Gasteiger partial charge in [-0.15, -0.1) is 0 Å². The van der Waals surface area contributed by atoms with Gasteiger partial charge in [-0.3, -0.25) is 4.90 Å². The molecule has 1 aromatic rings. The van der Waals surface area contributed by atoms with E-state index in [1.165, 1.54) is 25.7 Å². The van der Waals surface area contributed by atoms with Gasteiger partial charge in [0.2, 0.25) is 5.89 Å². The van der Waals surface area contributed by atoms with E-state index in [0.29, 0.717) is 5.92 Å². The monoisotopic (exact) mass is 264 g/mol. The normalized spacial score (nSPS) is 24.8. The van der Waals surface area contributed by atoms with Gasteiger partial charge >= 0.3 is 0 Å².